The molecule has 2 rings (SSSR count). The molecule has 2 aliphatic heterocycles. The van der Waals surface area contributed by atoms with Crippen LogP contribution in [-0.4, -0.2) is 62.2 Å². The molecule has 2 fully saturated rings. The van der Waals surface area contributed by atoms with E-state index in [1.54, 1.807) is 0 Å². The Labute approximate surface area is 125 Å². The van der Waals surface area contributed by atoms with Gasteiger partial charge in [0, 0.05) is 19.6 Å². The van der Waals surface area contributed by atoms with Crippen molar-refractivity contribution in [1.82, 2.24) is 15.1 Å². The van der Waals surface area contributed by atoms with Crippen LogP contribution in [0, 0.1) is 11.8 Å². The molecule has 0 aromatic heterocycles. The van der Waals surface area contributed by atoms with E-state index in [9.17, 15) is 0 Å². The van der Waals surface area contributed by atoms with Crippen LogP contribution in [0.4, 0.5) is 0 Å². The molecule has 0 radical (unpaired) electrons. The van der Waals surface area contributed by atoms with E-state index in [0.717, 1.165) is 11.8 Å². The summed E-state index contributed by atoms with van der Waals surface area (Å²) in [5, 5.41) is 3.46. The van der Waals surface area contributed by atoms with E-state index in [0.29, 0.717) is 0 Å². The number of hydrogen-bond donors (Lipinski definition) is 1. The van der Waals surface area contributed by atoms with E-state index in [-0.39, 0.29) is 12.4 Å². The van der Waals surface area contributed by atoms with Crippen LogP contribution < -0.4 is 5.32 Å². The lowest BCUT2D eigenvalue weighted by atomic mass is 9.98. The van der Waals surface area contributed by atoms with Gasteiger partial charge in [-0.25, -0.2) is 0 Å². The summed E-state index contributed by atoms with van der Waals surface area (Å²) in [4.78, 5) is 5.31. The molecule has 1 atom stereocenters. The molecular formula is C15H32ClN3. The molecule has 2 aliphatic rings. The fraction of sp³-hybridized carbons (Fsp3) is 1.00. The maximum Gasteiger partial charge on any atom is 0.00225 e. The van der Waals surface area contributed by atoms with Crippen molar-refractivity contribution >= 4 is 12.4 Å². The lowest BCUT2D eigenvalue weighted by molar-refractivity contribution is 0.216. The number of nitrogens with zero attached hydrogens (tertiary/aromatic N) is 2. The van der Waals surface area contributed by atoms with Crippen molar-refractivity contribution in [3.8, 4) is 0 Å². The maximum atomic E-state index is 3.46. The predicted octanol–water partition coefficient (Wildman–Crippen LogP) is 2.07. The van der Waals surface area contributed by atoms with Crippen LogP contribution in [-0.2, 0) is 0 Å². The van der Waals surface area contributed by atoms with Crippen molar-refractivity contribution in [2.45, 2.75) is 33.1 Å². The van der Waals surface area contributed by atoms with Gasteiger partial charge in [-0.2, -0.15) is 0 Å². The van der Waals surface area contributed by atoms with Gasteiger partial charge >= 0.3 is 0 Å². The molecule has 3 nitrogen and oxygen atoms in total. The first kappa shape index (κ1) is 17.2. The molecule has 2 saturated heterocycles. The summed E-state index contributed by atoms with van der Waals surface area (Å²) in [6.07, 6.45) is 4.19. The van der Waals surface area contributed by atoms with Gasteiger partial charge in [0.2, 0.25) is 0 Å². The molecule has 2 heterocycles. The van der Waals surface area contributed by atoms with Crippen LogP contribution in [0.5, 0.6) is 0 Å². The summed E-state index contributed by atoms with van der Waals surface area (Å²) in [6.45, 7) is 14.8. The molecule has 0 spiro atoms. The van der Waals surface area contributed by atoms with Crippen molar-refractivity contribution in [2.75, 3.05) is 52.4 Å². The zero-order valence-electron chi connectivity index (χ0n) is 12.7. The third-order valence-corrected chi connectivity index (χ3v) is 4.76. The Balaban J connectivity index is 0.00000180. The fourth-order valence-corrected chi connectivity index (χ4v) is 3.50. The predicted molar refractivity (Wildman–Crippen MR) is 85.2 cm³/mol. The zero-order valence-corrected chi connectivity index (χ0v) is 13.6. The maximum absolute atomic E-state index is 3.46. The second-order valence-electron chi connectivity index (χ2n) is 6.09. The van der Waals surface area contributed by atoms with Crippen LogP contribution in [0.25, 0.3) is 0 Å². The first-order chi connectivity index (χ1) is 8.81. The molecule has 0 aromatic rings. The third-order valence-electron chi connectivity index (χ3n) is 4.76. The van der Waals surface area contributed by atoms with Gasteiger partial charge < -0.3 is 15.1 Å². The van der Waals surface area contributed by atoms with Crippen LogP contribution in [0.2, 0.25) is 0 Å². The summed E-state index contributed by atoms with van der Waals surface area (Å²) in [5.74, 6) is 1.88. The molecule has 0 bridgehead atoms. The number of likely N-dealkylation sites (tertiary alicyclic amines) is 1. The Morgan fingerprint density at radius 1 is 1.05 bits per heavy atom. The van der Waals surface area contributed by atoms with Crippen molar-refractivity contribution in [3.05, 3.63) is 0 Å². The second kappa shape index (κ2) is 9.17. The standard InChI is InChI=1S/C15H31N3.ClH/c1-3-17(4-2)12-15-7-10-18(13-15)11-14-5-8-16-9-6-14;/h14-16H,3-13H2,1-2H3;1H. The van der Waals surface area contributed by atoms with Gasteiger partial charge in [0.05, 0.1) is 0 Å². The topological polar surface area (TPSA) is 18.5 Å². The van der Waals surface area contributed by atoms with E-state index in [4.69, 9.17) is 0 Å². The number of halogens is 1. The summed E-state index contributed by atoms with van der Waals surface area (Å²) in [5.41, 5.74) is 0. The minimum Gasteiger partial charge on any atom is -0.317 e. The summed E-state index contributed by atoms with van der Waals surface area (Å²) in [7, 11) is 0. The van der Waals surface area contributed by atoms with Crippen molar-refractivity contribution in [3.63, 3.8) is 0 Å². The van der Waals surface area contributed by atoms with Crippen molar-refractivity contribution in [1.29, 1.82) is 0 Å². The Bertz CT molecular complexity index is 227. The van der Waals surface area contributed by atoms with Crippen molar-refractivity contribution < 1.29 is 0 Å². The Hall–Kier alpha value is 0.170. The molecule has 0 aliphatic carbocycles. The van der Waals surface area contributed by atoms with Crippen molar-refractivity contribution in [2.24, 2.45) is 11.8 Å². The highest BCUT2D eigenvalue weighted by Gasteiger charge is 2.26. The van der Waals surface area contributed by atoms with Gasteiger partial charge in [-0.3, -0.25) is 0 Å². The van der Waals surface area contributed by atoms with Gasteiger partial charge in [0.15, 0.2) is 0 Å². The molecule has 1 N–H and O–H groups in total. The first-order valence-electron chi connectivity index (χ1n) is 7.97. The average Bonchev–Trinajstić information content (AvgIpc) is 2.84. The summed E-state index contributed by atoms with van der Waals surface area (Å²) >= 11 is 0. The van der Waals surface area contributed by atoms with E-state index in [1.165, 1.54) is 71.6 Å². The van der Waals surface area contributed by atoms with Gasteiger partial charge in [-0.15, -0.1) is 12.4 Å². The smallest absolute Gasteiger partial charge is 0.00225 e. The highest BCUT2D eigenvalue weighted by molar-refractivity contribution is 5.85. The molecule has 0 amide bonds. The minimum absolute atomic E-state index is 0. The second-order valence-corrected chi connectivity index (χ2v) is 6.09. The highest BCUT2D eigenvalue weighted by atomic mass is 35.5. The molecular weight excluding hydrogens is 258 g/mol. The van der Waals surface area contributed by atoms with Gasteiger partial charge in [0.1, 0.15) is 0 Å². The van der Waals surface area contributed by atoms with Crippen LogP contribution >= 0.6 is 12.4 Å². The zero-order chi connectivity index (χ0) is 12.8. The molecule has 114 valence electrons. The lowest BCUT2D eigenvalue weighted by Gasteiger charge is -2.28. The van der Waals surface area contributed by atoms with E-state index >= 15 is 0 Å². The highest BCUT2D eigenvalue weighted by Crippen LogP contribution is 2.21. The molecule has 1 unspecified atom stereocenters. The van der Waals surface area contributed by atoms with Crippen LogP contribution in [0.3, 0.4) is 0 Å². The monoisotopic (exact) mass is 289 g/mol. The Morgan fingerprint density at radius 3 is 2.37 bits per heavy atom. The average molecular weight is 290 g/mol. The number of nitrogens with one attached hydrogen (secondary N) is 1. The van der Waals surface area contributed by atoms with Gasteiger partial charge in [-0.05, 0) is 63.8 Å². The Morgan fingerprint density at radius 2 is 1.74 bits per heavy atom. The summed E-state index contributed by atoms with van der Waals surface area (Å²) < 4.78 is 0. The van der Waals surface area contributed by atoms with E-state index < -0.39 is 0 Å². The number of piperidine rings is 1. The molecule has 4 heteroatoms. The normalized spacial score (nSPS) is 25.7. The third kappa shape index (κ3) is 5.58. The SMILES string of the molecule is CCN(CC)CC1CCN(CC2CCNCC2)C1.Cl. The molecule has 19 heavy (non-hydrogen) atoms. The Kier molecular flexibility index (Phi) is 8.31. The summed E-state index contributed by atoms with van der Waals surface area (Å²) in [6, 6.07) is 0. The van der Waals surface area contributed by atoms with Crippen LogP contribution in [0.1, 0.15) is 33.1 Å². The van der Waals surface area contributed by atoms with Gasteiger partial charge in [0.25, 0.3) is 0 Å². The van der Waals surface area contributed by atoms with E-state index in [1.807, 2.05) is 0 Å². The van der Waals surface area contributed by atoms with E-state index in [2.05, 4.69) is 29.0 Å². The molecule has 0 saturated carbocycles. The largest absolute Gasteiger partial charge is 0.317 e. The van der Waals surface area contributed by atoms with Gasteiger partial charge in [-0.1, -0.05) is 13.8 Å². The lowest BCUT2D eigenvalue weighted by Crippen LogP contribution is -2.36. The quantitative estimate of drug-likeness (QED) is 0.808. The fourth-order valence-electron chi connectivity index (χ4n) is 3.50. The molecule has 0 aromatic carbocycles. The number of rotatable bonds is 6. The minimum atomic E-state index is 0. The van der Waals surface area contributed by atoms with Crippen LogP contribution in [0.15, 0.2) is 0 Å². The number of hydrogen-bond acceptors (Lipinski definition) is 3. The first-order valence-corrected chi connectivity index (χ1v) is 7.97.